The molecular weight excluding hydrogens is 265 g/mol. The van der Waals surface area contributed by atoms with Crippen LogP contribution < -0.4 is 0 Å². The molecular formula is C18H20FNO. The third-order valence-electron chi connectivity index (χ3n) is 3.44. The number of hydrogen-bond acceptors (Lipinski definition) is 2. The quantitative estimate of drug-likeness (QED) is 0.776. The van der Waals surface area contributed by atoms with Crippen LogP contribution in [0.2, 0.25) is 0 Å². The smallest absolute Gasteiger partial charge is 0.151 e. The van der Waals surface area contributed by atoms with Crippen molar-refractivity contribution in [3.05, 3.63) is 71.5 Å². The zero-order valence-corrected chi connectivity index (χ0v) is 12.3. The van der Waals surface area contributed by atoms with Crippen LogP contribution >= 0.6 is 0 Å². The average Bonchev–Trinajstić information content (AvgIpc) is 2.50. The van der Waals surface area contributed by atoms with E-state index in [4.69, 9.17) is 0 Å². The third kappa shape index (κ3) is 4.80. The molecule has 0 aromatic heterocycles. The second-order valence-corrected chi connectivity index (χ2v) is 5.10. The molecule has 0 spiro atoms. The van der Waals surface area contributed by atoms with Crippen LogP contribution in [0.3, 0.4) is 0 Å². The molecule has 3 heteroatoms. The Kier molecular flexibility index (Phi) is 5.64. The van der Waals surface area contributed by atoms with E-state index >= 15 is 0 Å². The average molecular weight is 285 g/mol. The predicted octanol–water partition coefficient (Wildman–Crippen LogP) is 3.46. The van der Waals surface area contributed by atoms with Crippen molar-refractivity contribution in [1.29, 1.82) is 0 Å². The second-order valence-electron chi connectivity index (χ2n) is 5.10. The van der Waals surface area contributed by atoms with Gasteiger partial charge in [0.2, 0.25) is 0 Å². The van der Waals surface area contributed by atoms with Gasteiger partial charge < -0.3 is 0 Å². The van der Waals surface area contributed by atoms with E-state index in [1.807, 2.05) is 37.3 Å². The number of carbonyl (C=O) groups is 1. The van der Waals surface area contributed by atoms with Crippen LogP contribution in [0.25, 0.3) is 0 Å². The molecule has 21 heavy (non-hydrogen) atoms. The summed E-state index contributed by atoms with van der Waals surface area (Å²) in [7, 11) is 0. The van der Waals surface area contributed by atoms with Crippen LogP contribution in [0.4, 0.5) is 4.39 Å². The Labute approximate surface area is 125 Å². The highest BCUT2D eigenvalue weighted by Crippen LogP contribution is 2.09. The van der Waals surface area contributed by atoms with Crippen molar-refractivity contribution in [1.82, 2.24) is 4.90 Å². The van der Waals surface area contributed by atoms with Crippen LogP contribution in [0.5, 0.6) is 0 Å². The Bertz CT molecular complexity index is 583. The second kappa shape index (κ2) is 7.70. The van der Waals surface area contributed by atoms with Crippen LogP contribution in [0.1, 0.15) is 18.1 Å². The van der Waals surface area contributed by atoms with Crippen LogP contribution in [-0.2, 0) is 17.8 Å². The summed E-state index contributed by atoms with van der Waals surface area (Å²) >= 11 is 0. The number of rotatable bonds is 7. The van der Waals surface area contributed by atoms with Gasteiger partial charge in [0, 0.05) is 13.0 Å². The molecule has 0 fully saturated rings. The first-order chi connectivity index (χ1) is 10.2. The van der Waals surface area contributed by atoms with Crippen molar-refractivity contribution in [2.24, 2.45) is 0 Å². The van der Waals surface area contributed by atoms with Crippen molar-refractivity contribution >= 4 is 5.78 Å². The van der Waals surface area contributed by atoms with E-state index in [1.165, 1.54) is 11.6 Å². The molecule has 0 bridgehead atoms. The summed E-state index contributed by atoms with van der Waals surface area (Å²) in [5.41, 5.74) is 1.65. The summed E-state index contributed by atoms with van der Waals surface area (Å²) in [6, 6.07) is 16.5. The van der Waals surface area contributed by atoms with Gasteiger partial charge in [0.05, 0.1) is 6.54 Å². The molecule has 0 aliphatic rings. The van der Waals surface area contributed by atoms with E-state index < -0.39 is 0 Å². The third-order valence-corrected chi connectivity index (χ3v) is 3.44. The maximum absolute atomic E-state index is 13.6. The Morgan fingerprint density at radius 3 is 2.38 bits per heavy atom. The van der Waals surface area contributed by atoms with Gasteiger partial charge in [-0.1, -0.05) is 55.5 Å². The van der Waals surface area contributed by atoms with Crippen molar-refractivity contribution in [2.45, 2.75) is 19.9 Å². The van der Waals surface area contributed by atoms with E-state index in [0.717, 1.165) is 13.1 Å². The molecule has 2 rings (SSSR count). The number of nitrogens with zero attached hydrogens (tertiary/aromatic N) is 1. The molecule has 2 aromatic rings. The highest BCUT2D eigenvalue weighted by atomic mass is 19.1. The van der Waals surface area contributed by atoms with Crippen molar-refractivity contribution in [2.75, 3.05) is 13.1 Å². The molecule has 0 amide bonds. The summed E-state index contributed by atoms with van der Waals surface area (Å²) in [6.45, 7) is 3.90. The Morgan fingerprint density at radius 2 is 1.71 bits per heavy atom. The van der Waals surface area contributed by atoms with Crippen molar-refractivity contribution in [3.63, 3.8) is 0 Å². The van der Waals surface area contributed by atoms with Gasteiger partial charge in [0.1, 0.15) is 5.82 Å². The van der Waals surface area contributed by atoms with Crippen LogP contribution in [0, 0.1) is 5.82 Å². The number of carbonyl (C=O) groups excluding carboxylic acids is 1. The monoisotopic (exact) mass is 285 g/mol. The SMILES string of the molecule is CCN(CC(=O)Cc1ccccc1F)Cc1ccccc1. The topological polar surface area (TPSA) is 20.3 Å². The lowest BCUT2D eigenvalue weighted by atomic mass is 10.1. The van der Waals surface area contributed by atoms with Crippen molar-refractivity contribution in [3.8, 4) is 0 Å². The lowest BCUT2D eigenvalue weighted by Crippen LogP contribution is -2.30. The van der Waals surface area contributed by atoms with Gasteiger partial charge in [-0.15, -0.1) is 0 Å². The van der Waals surface area contributed by atoms with E-state index in [2.05, 4.69) is 4.90 Å². The minimum Gasteiger partial charge on any atom is -0.298 e. The maximum atomic E-state index is 13.6. The van der Waals surface area contributed by atoms with Crippen molar-refractivity contribution < 1.29 is 9.18 Å². The molecule has 0 radical (unpaired) electrons. The number of halogens is 1. The van der Waals surface area contributed by atoms with Gasteiger partial charge in [-0.25, -0.2) is 4.39 Å². The standard InChI is InChI=1S/C18H20FNO/c1-2-20(13-15-8-4-3-5-9-15)14-17(21)12-16-10-6-7-11-18(16)19/h3-11H,2,12-14H2,1H3. The predicted molar refractivity (Wildman–Crippen MR) is 82.5 cm³/mol. The Morgan fingerprint density at radius 1 is 1.05 bits per heavy atom. The molecule has 0 saturated heterocycles. The minimum absolute atomic E-state index is 0.0397. The van der Waals surface area contributed by atoms with Gasteiger partial charge in [-0.2, -0.15) is 0 Å². The van der Waals surface area contributed by atoms with Crippen LogP contribution in [0.15, 0.2) is 54.6 Å². The number of likely N-dealkylation sites (N-methyl/N-ethyl adjacent to an activating group) is 1. The molecule has 0 saturated carbocycles. The largest absolute Gasteiger partial charge is 0.298 e. The molecule has 0 heterocycles. The number of benzene rings is 2. The number of Topliss-reactive ketones (excluding diaryl/α,β-unsaturated/α-hetero) is 1. The molecule has 0 aliphatic heterocycles. The van der Waals surface area contributed by atoms with Gasteiger partial charge in [0.25, 0.3) is 0 Å². The normalized spacial score (nSPS) is 10.8. The molecule has 0 N–H and O–H groups in total. The first-order valence-corrected chi connectivity index (χ1v) is 7.20. The summed E-state index contributed by atoms with van der Waals surface area (Å²) in [6.07, 6.45) is 0.151. The van der Waals surface area contributed by atoms with Gasteiger partial charge in [0.15, 0.2) is 5.78 Å². The molecule has 2 nitrogen and oxygen atoms in total. The summed E-state index contributed by atoms with van der Waals surface area (Å²) in [5, 5.41) is 0. The van der Waals surface area contributed by atoms with Gasteiger partial charge in [-0.3, -0.25) is 9.69 Å². The fourth-order valence-corrected chi connectivity index (χ4v) is 2.28. The fourth-order valence-electron chi connectivity index (χ4n) is 2.28. The maximum Gasteiger partial charge on any atom is 0.151 e. The first kappa shape index (κ1) is 15.4. The Balaban J connectivity index is 1.92. The molecule has 2 aromatic carbocycles. The summed E-state index contributed by atoms with van der Waals surface area (Å²) in [4.78, 5) is 14.2. The fraction of sp³-hybridized carbons (Fsp3) is 0.278. The zero-order chi connectivity index (χ0) is 15.1. The minimum atomic E-state index is -0.308. The molecule has 0 unspecified atom stereocenters. The first-order valence-electron chi connectivity index (χ1n) is 7.20. The highest BCUT2D eigenvalue weighted by Gasteiger charge is 2.12. The molecule has 0 aliphatic carbocycles. The van der Waals surface area contributed by atoms with Gasteiger partial charge >= 0.3 is 0 Å². The van der Waals surface area contributed by atoms with Gasteiger partial charge in [-0.05, 0) is 23.7 Å². The zero-order valence-electron chi connectivity index (χ0n) is 12.3. The Hall–Kier alpha value is -2.00. The van der Waals surface area contributed by atoms with E-state index in [9.17, 15) is 9.18 Å². The summed E-state index contributed by atoms with van der Waals surface area (Å²) < 4.78 is 13.6. The molecule has 0 atom stereocenters. The van der Waals surface area contributed by atoms with E-state index in [1.54, 1.807) is 18.2 Å². The van der Waals surface area contributed by atoms with E-state index in [0.29, 0.717) is 12.1 Å². The summed E-state index contributed by atoms with van der Waals surface area (Å²) in [5.74, 6) is -0.269. The van der Waals surface area contributed by atoms with Crippen LogP contribution in [-0.4, -0.2) is 23.8 Å². The lowest BCUT2D eigenvalue weighted by Gasteiger charge is -2.19. The lowest BCUT2D eigenvalue weighted by molar-refractivity contribution is -0.119. The van der Waals surface area contributed by atoms with E-state index in [-0.39, 0.29) is 18.0 Å². The number of hydrogen-bond donors (Lipinski definition) is 0. The number of ketones is 1. The molecule has 110 valence electrons. The highest BCUT2D eigenvalue weighted by molar-refractivity contribution is 5.82.